The zero-order valence-corrected chi connectivity index (χ0v) is 16.8. The van der Waals surface area contributed by atoms with Crippen molar-refractivity contribution in [1.29, 1.82) is 0 Å². The second-order valence-electron chi connectivity index (χ2n) is 6.72. The van der Waals surface area contributed by atoms with Crippen LogP contribution >= 0.6 is 0 Å². The molecule has 10 nitrogen and oxygen atoms in total. The van der Waals surface area contributed by atoms with Gasteiger partial charge in [-0.3, -0.25) is 4.79 Å². The minimum atomic E-state index is -4.56. The van der Waals surface area contributed by atoms with Crippen LogP contribution in [-0.2, 0) is 14.3 Å². The molecule has 2 rings (SSSR count). The highest BCUT2D eigenvalue weighted by Gasteiger charge is 2.25. The standard InChI is InChI=1S/C17H19FN4O6S/c1-17(2,3)22-16(24)28-29(25,26)12-9-10(5-7-19-12)21-15(23)13-11(27-4)6-8-20-14(13)18/h5-9H,1-4H3,(H,22,24)(H,19,21,23). The number of amides is 2. The Hall–Kier alpha value is -3.28. The van der Waals surface area contributed by atoms with Gasteiger partial charge in [0.15, 0.2) is 5.03 Å². The first-order chi connectivity index (χ1) is 13.4. The van der Waals surface area contributed by atoms with Gasteiger partial charge in [0.2, 0.25) is 5.95 Å². The summed E-state index contributed by atoms with van der Waals surface area (Å²) in [6.45, 7) is 4.92. The van der Waals surface area contributed by atoms with Gasteiger partial charge in [-0.25, -0.2) is 14.8 Å². The summed E-state index contributed by atoms with van der Waals surface area (Å²) in [5.74, 6) is -2.04. The number of anilines is 1. The molecule has 0 fully saturated rings. The molecule has 0 aliphatic heterocycles. The summed E-state index contributed by atoms with van der Waals surface area (Å²) in [7, 11) is -3.31. The number of hydrogen-bond donors (Lipinski definition) is 2. The average molecular weight is 426 g/mol. The van der Waals surface area contributed by atoms with Crippen molar-refractivity contribution in [1.82, 2.24) is 15.3 Å². The number of rotatable bonds is 5. The normalized spacial score (nSPS) is 11.5. The molecule has 0 aliphatic carbocycles. The van der Waals surface area contributed by atoms with Crippen molar-refractivity contribution < 1.29 is 31.3 Å². The molecule has 0 aliphatic rings. The Bertz CT molecular complexity index is 1040. The first-order valence-corrected chi connectivity index (χ1v) is 9.56. The molecule has 0 saturated heterocycles. The lowest BCUT2D eigenvalue weighted by atomic mass is 10.1. The van der Waals surface area contributed by atoms with E-state index in [1.54, 1.807) is 20.8 Å². The molecule has 0 spiro atoms. The lowest BCUT2D eigenvalue weighted by Gasteiger charge is -2.19. The molecule has 2 amide bonds. The number of nitrogens with one attached hydrogen (secondary N) is 2. The third-order valence-corrected chi connectivity index (χ3v) is 4.33. The van der Waals surface area contributed by atoms with Crippen molar-refractivity contribution in [2.75, 3.05) is 12.4 Å². The number of nitrogens with zero attached hydrogens (tertiary/aromatic N) is 2. The summed E-state index contributed by atoms with van der Waals surface area (Å²) in [5, 5.41) is 4.02. The van der Waals surface area contributed by atoms with Crippen molar-refractivity contribution in [3.63, 3.8) is 0 Å². The summed E-state index contributed by atoms with van der Waals surface area (Å²) in [5.41, 5.74) is -1.21. The maximum atomic E-state index is 13.9. The maximum absolute atomic E-state index is 13.9. The van der Waals surface area contributed by atoms with Gasteiger partial charge in [-0.05, 0) is 32.9 Å². The lowest BCUT2D eigenvalue weighted by molar-refractivity contribution is 0.101. The summed E-state index contributed by atoms with van der Waals surface area (Å²) in [6.07, 6.45) is 1.02. The third kappa shape index (κ3) is 5.85. The molecule has 0 aromatic carbocycles. The Balaban J connectivity index is 2.24. The van der Waals surface area contributed by atoms with Crippen LogP contribution in [0.4, 0.5) is 14.9 Å². The molecule has 2 heterocycles. The fourth-order valence-corrected chi connectivity index (χ4v) is 2.87. The van der Waals surface area contributed by atoms with Gasteiger partial charge in [-0.15, -0.1) is 0 Å². The van der Waals surface area contributed by atoms with Crippen molar-refractivity contribution in [3.05, 3.63) is 42.1 Å². The van der Waals surface area contributed by atoms with Gasteiger partial charge in [0.05, 0.1) is 7.11 Å². The highest BCUT2D eigenvalue weighted by Crippen LogP contribution is 2.22. The van der Waals surface area contributed by atoms with Crippen molar-refractivity contribution in [2.45, 2.75) is 31.3 Å². The number of aromatic nitrogens is 2. The number of carbonyl (C=O) groups excluding carboxylic acids is 2. The van der Waals surface area contributed by atoms with Crippen LogP contribution in [0, 0.1) is 5.95 Å². The summed E-state index contributed by atoms with van der Waals surface area (Å²) >= 11 is 0. The zero-order chi connectivity index (χ0) is 21.8. The monoisotopic (exact) mass is 426 g/mol. The van der Waals surface area contributed by atoms with E-state index in [4.69, 9.17) is 4.74 Å². The Labute approximate surface area is 166 Å². The summed E-state index contributed by atoms with van der Waals surface area (Å²) < 4.78 is 47.8. The third-order valence-electron chi connectivity index (χ3n) is 3.22. The van der Waals surface area contributed by atoms with E-state index in [2.05, 4.69) is 24.8 Å². The number of halogens is 1. The Morgan fingerprint density at radius 1 is 1.14 bits per heavy atom. The van der Waals surface area contributed by atoms with Gasteiger partial charge in [-0.2, -0.15) is 12.8 Å². The fraction of sp³-hybridized carbons (Fsp3) is 0.294. The lowest BCUT2D eigenvalue weighted by Crippen LogP contribution is -2.41. The predicted molar refractivity (Wildman–Crippen MR) is 99.5 cm³/mol. The van der Waals surface area contributed by atoms with E-state index in [1.807, 2.05) is 0 Å². The van der Waals surface area contributed by atoms with E-state index in [0.29, 0.717) is 0 Å². The minimum absolute atomic E-state index is 0.0336. The Kier molecular flexibility index (Phi) is 6.37. The molecule has 156 valence electrons. The van der Waals surface area contributed by atoms with Gasteiger partial charge < -0.3 is 19.6 Å². The van der Waals surface area contributed by atoms with Gasteiger partial charge in [0.1, 0.15) is 11.3 Å². The highest BCUT2D eigenvalue weighted by atomic mass is 32.2. The summed E-state index contributed by atoms with van der Waals surface area (Å²) in [6, 6.07) is 3.52. The van der Waals surface area contributed by atoms with E-state index >= 15 is 0 Å². The predicted octanol–water partition coefficient (Wildman–Crippen LogP) is 2.09. The first-order valence-electron chi connectivity index (χ1n) is 8.15. The Morgan fingerprint density at radius 2 is 1.79 bits per heavy atom. The first kappa shape index (κ1) is 22.0. The van der Waals surface area contributed by atoms with E-state index in [1.165, 1.54) is 19.2 Å². The van der Waals surface area contributed by atoms with Gasteiger partial charge in [0.25, 0.3) is 5.91 Å². The molecule has 2 aromatic rings. The molecule has 12 heteroatoms. The second kappa shape index (κ2) is 8.39. The second-order valence-corrected chi connectivity index (χ2v) is 8.21. The molecular weight excluding hydrogens is 407 g/mol. The van der Waals surface area contributed by atoms with Crippen LogP contribution < -0.4 is 15.4 Å². The maximum Gasteiger partial charge on any atom is 0.423 e. The molecule has 2 aromatic heterocycles. The van der Waals surface area contributed by atoms with Crippen molar-refractivity contribution >= 4 is 27.8 Å². The van der Waals surface area contributed by atoms with Crippen molar-refractivity contribution in [2.24, 2.45) is 0 Å². The molecular formula is C17H19FN4O6S. The van der Waals surface area contributed by atoms with Crippen LogP contribution in [0.5, 0.6) is 5.75 Å². The largest absolute Gasteiger partial charge is 0.496 e. The molecule has 0 radical (unpaired) electrons. The molecule has 0 saturated carbocycles. The number of carbonyl (C=O) groups is 2. The van der Waals surface area contributed by atoms with Crippen LogP contribution in [0.15, 0.2) is 35.6 Å². The van der Waals surface area contributed by atoms with E-state index in [-0.39, 0.29) is 11.4 Å². The van der Waals surface area contributed by atoms with Crippen LogP contribution in [0.1, 0.15) is 31.1 Å². The number of pyridine rings is 2. The topological polar surface area (TPSA) is 137 Å². The molecule has 0 bridgehead atoms. The number of ether oxygens (including phenoxy) is 1. The number of hydrogen-bond acceptors (Lipinski definition) is 8. The van der Waals surface area contributed by atoms with Crippen LogP contribution in [-0.4, -0.2) is 43.0 Å². The average Bonchev–Trinajstić information content (AvgIpc) is 2.59. The summed E-state index contributed by atoms with van der Waals surface area (Å²) in [4.78, 5) is 31.1. The minimum Gasteiger partial charge on any atom is -0.496 e. The van der Waals surface area contributed by atoms with E-state index < -0.39 is 44.2 Å². The molecule has 0 atom stereocenters. The molecule has 29 heavy (non-hydrogen) atoms. The smallest absolute Gasteiger partial charge is 0.423 e. The SMILES string of the molecule is COc1ccnc(F)c1C(=O)Nc1ccnc(S(=O)(=O)OC(=O)NC(C)(C)C)c1. The van der Waals surface area contributed by atoms with E-state index in [9.17, 15) is 22.4 Å². The highest BCUT2D eigenvalue weighted by molar-refractivity contribution is 7.87. The van der Waals surface area contributed by atoms with Crippen LogP contribution in [0.25, 0.3) is 0 Å². The number of methoxy groups -OCH3 is 1. The van der Waals surface area contributed by atoms with Gasteiger partial charge in [-0.1, -0.05) is 0 Å². The van der Waals surface area contributed by atoms with Crippen LogP contribution in [0.3, 0.4) is 0 Å². The van der Waals surface area contributed by atoms with Crippen molar-refractivity contribution in [3.8, 4) is 5.75 Å². The fourth-order valence-electron chi connectivity index (χ4n) is 2.08. The molecule has 2 N–H and O–H groups in total. The Morgan fingerprint density at radius 3 is 2.41 bits per heavy atom. The van der Waals surface area contributed by atoms with Gasteiger partial charge in [0, 0.05) is 29.7 Å². The quantitative estimate of drug-likeness (QED) is 0.548. The van der Waals surface area contributed by atoms with Gasteiger partial charge >= 0.3 is 16.2 Å². The van der Waals surface area contributed by atoms with E-state index in [0.717, 1.165) is 18.5 Å². The molecule has 0 unspecified atom stereocenters. The zero-order valence-electron chi connectivity index (χ0n) is 16.0. The van der Waals surface area contributed by atoms with Crippen LogP contribution in [0.2, 0.25) is 0 Å².